The molecule has 0 aromatic heterocycles. The van der Waals surface area contributed by atoms with Gasteiger partial charge in [-0.05, 0) is 41.5 Å². The predicted octanol–water partition coefficient (Wildman–Crippen LogP) is 3.59. The van der Waals surface area contributed by atoms with Gasteiger partial charge < -0.3 is 10.1 Å². The maximum atomic E-state index is 13.3. The molecule has 3 aliphatic rings. The van der Waals surface area contributed by atoms with Crippen LogP contribution in [0, 0.1) is 0 Å². The fourth-order valence-electron chi connectivity index (χ4n) is 3.45. The maximum Gasteiger partial charge on any atom is 0.416 e. The summed E-state index contributed by atoms with van der Waals surface area (Å²) in [6.07, 6.45) is -2.24. The molecule has 0 spiro atoms. The van der Waals surface area contributed by atoms with Gasteiger partial charge in [0.15, 0.2) is 0 Å². The van der Waals surface area contributed by atoms with Crippen LogP contribution in [0.4, 0.5) is 13.2 Å². The minimum atomic E-state index is -4.29. The zero-order valence-corrected chi connectivity index (χ0v) is 12.2. The van der Waals surface area contributed by atoms with Crippen molar-refractivity contribution in [2.24, 2.45) is 0 Å². The first-order valence-corrected chi connectivity index (χ1v) is 7.10. The molecule has 2 nitrogen and oxygen atoms in total. The molecule has 2 heterocycles. The number of rotatable bonds is 1. The Kier molecular flexibility index (Phi) is 3.71. The SMILES string of the molecule is Cl.FC(F)(F)c1cc(C2CC2)cc2c1CO[C@@H]1CNC[C@H]21. The van der Waals surface area contributed by atoms with E-state index in [1.165, 1.54) is 6.07 Å². The molecule has 0 radical (unpaired) electrons. The largest absolute Gasteiger partial charge is 0.416 e. The summed E-state index contributed by atoms with van der Waals surface area (Å²) in [5.41, 5.74) is 1.60. The Hall–Kier alpha value is -0.780. The van der Waals surface area contributed by atoms with Gasteiger partial charge in [0, 0.05) is 19.0 Å². The van der Waals surface area contributed by atoms with Crippen molar-refractivity contribution in [3.8, 4) is 0 Å². The highest BCUT2D eigenvalue weighted by atomic mass is 35.5. The van der Waals surface area contributed by atoms with Gasteiger partial charge in [-0.25, -0.2) is 0 Å². The van der Waals surface area contributed by atoms with E-state index in [-0.39, 0.29) is 31.0 Å². The van der Waals surface area contributed by atoms with Gasteiger partial charge in [-0.15, -0.1) is 12.4 Å². The fraction of sp³-hybridized carbons (Fsp3) is 0.600. The molecule has 4 rings (SSSR count). The van der Waals surface area contributed by atoms with Crippen LogP contribution < -0.4 is 5.32 Å². The average molecular weight is 320 g/mol. The van der Waals surface area contributed by atoms with Crippen molar-refractivity contribution in [1.29, 1.82) is 0 Å². The summed E-state index contributed by atoms with van der Waals surface area (Å²) in [6, 6.07) is 3.36. The van der Waals surface area contributed by atoms with Crippen molar-refractivity contribution in [3.63, 3.8) is 0 Å². The lowest BCUT2D eigenvalue weighted by atomic mass is 9.84. The molecular formula is C15H17ClF3NO. The number of ether oxygens (including phenoxy) is 1. The Balaban J connectivity index is 0.00000132. The average Bonchev–Trinajstić information content (AvgIpc) is 3.13. The summed E-state index contributed by atoms with van der Waals surface area (Å²) < 4.78 is 45.6. The van der Waals surface area contributed by atoms with E-state index in [2.05, 4.69) is 5.32 Å². The van der Waals surface area contributed by atoms with Crippen LogP contribution in [-0.2, 0) is 17.5 Å². The van der Waals surface area contributed by atoms with E-state index >= 15 is 0 Å². The molecule has 1 aliphatic carbocycles. The van der Waals surface area contributed by atoms with Crippen LogP contribution in [0.15, 0.2) is 12.1 Å². The van der Waals surface area contributed by atoms with Gasteiger partial charge in [-0.2, -0.15) is 13.2 Å². The zero-order chi connectivity index (χ0) is 13.9. The van der Waals surface area contributed by atoms with E-state index < -0.39 is 11.7 Å². The molecule has 0 amide bonds. The number of hydrogen-bond acceptors (Lipinski definition) is 2. The van der Waals surface area contributed by atoms with Gasteiger partial charge in [0.1, 0.15) is 0 Å². The number of halogens is 4. The Labute approximate surface area is 127 Å². The van der Waals surface area contributed by atoms with E-state index in [0.717, 1.165) is 30.5 Å². The number of nitrogens with one attached hydrogen (secondary N) is 1. The minimum absolute atomic E-state index is 0. The fourth-order valence-corrected chi connectivity index (χ4v) is 3.45. The standard InChI is InChI=1S/C15H16F3NO.ClH/c16-15(17,18)13-4-9(8-1-2-8)3-10-11-5-19-6-14(11)20-7-12(10)13;/h3-4,8,11,14,19H,1-2,5-7H2;1H/t11-,14-;/m1./s1. The molecule has 2 fully saturated rings. The molecule has 21 heavy (non-hydrogen) atoms. The topological polar surface area (TPSA) is 21.3 Å². The van der Waals surface area contributed by atoms with E-state index in [4.69, 9.17) is 4.74 Å². The van der Waals surface area contributed by atoms with Gasteiger partial charge in [-0.3, -0.25) is 0 Å². The number of hydrogen-bond donors (Lipinski definition) is 1. The normalized spacial score (nSPS) is 27.8. The Morgan fingerprint density at radius 3 is 2.57 bits per heavy atom. The first kappa shape index (κ1) is 15.1. The first-order valence-electron chi connectivity index (χ1n) is 7.10. The lowest BCUT2D eigenvalue weighted by Gasteiger charge is -2.31. The van der Waals surface area contributed by atoms with Crippen LogP contribution >= 0.6 is 12.4 Å². The highest BCUT2D eigenvalue weighted by molar-refractivity contribution is 5.85. The molecular weight excluding hydrogens is 303 g/mol. The Morgan fingerprint density at radius 1 is 1.14 bits per heavy atom. The summed E-state index contributed by atoms with van der Waals surface area (Å²) >= 11 is 0. The van der Waals surface area contributed by atoms with Gasteiger partial charge >= 0.3 is 6.18 Å². The summed E-state index contributed by atoms with van der Waals surface area (Å²) in [6.45, 7) is 1.53. The zero-order valence-electron chi connectivity index (χ0n) is 11.4. The van der Waals surface area contributed by atoms with Crippen LogP contribution in [-0.4, -0.2) is 19.2 Å². The second-order valence-corrected chi connectivity index (χ2v) is 6.02. The Bertz CT molecular complexity index is 557. The van der Waals surface area contributed by atoms with Gasteiger partial charge in [0.05, 0.1) is 18.3 Å². The van der Waals surface area contributed by atoms with Crippen molar-refractivity contribution in [1.82, 2.24) is 5.32 Å². The van der Waals surface area contributed by atoms with E-state index in [1.54, 1.807) is 0 Å². The number of benzene rings is 1. The lowest BCUT2D eigenvalue weighted by Crippen LogP contribution is -2.29. The van der Waals surface area contributed by atoms with Crippen LogP contribution in [0.5, 0.6) is 0 Å². The van der Waals surface area contributed by atoms with E-state index in [9.17, 15) is 13.2 Å². The molecule has 1 aromatic rings. The van der Waals surface area contributed by atoms with Crippen LogP contribution in [0.25, 0.3) is 0 Å². The summed E-state index contributed by atoms with van der Waals surface area (Å²) in [4.78, 5) is 0. The second-order valence-electron chi connectivity index (χ2n) is 6.02. The number of alkyl halides is 3. The van der Waals surface area contributed by atoms with Crippen LogP contribution in [0.2, 0.25) is 0 Å². The van der Waals surface area contributed by atoms with Gasteiger partial charge in [0.25, 0.3) is 0 Å². The van der Waals surface area contributed by atoms with Crippen molar-refractivity contribution in [3.05, 3.63) is 34.4 Å². The van der Waals surface area contributed by atoms with Crippen molar-refractivity contribution >= 4 is 12.4 Å². The van der Waals surface area contributed by atoms with Gasteiger partial charge in [0.2, 0.25) is 0 Å². The summed E-state index contributed by atoms with van der Waals surface area (Å²) in [5, 5.41) is 3.22. The predicted molar refractivity (Wildman–Crippen MR) is 74.9 cm³/mol. The third-order valence-electron chi connectivity index (χ3n) is 4.66. The van der Waals surface area contributed by atoms with Crippen molar-refractivity contribution in [2.75, 3.05) is 13.1 Å². The molecule has 0 unspecified atom stereocenters. The monoisotopic (exact) mass is 319 g/mol. The molecule has 1 N–H and O–H groups in total. The van der Waals surface area contributed by atoms with Crippen molar-refractivity contribution < 1.29 is 17.9 Å². The smallest absolute Gasteiger partial charge is 0.372 e. The molecule has 116 valence electrons. The van der Waals surface area contributed by atoms with E-state index in [1.807, 2.05) is 6.07 Å². The van der Waals surface area contributed by atoms with E-state index in [0.29, 0.717) is 18.0 Å². The first-order chi connectivity index (χ1) is 9.54. The highest BCUT2D eigenvalue weighted by Gasteiger charge is 2.42. The molecule has 2 atom stereocenters. The Morgan fingerprint density at radius 2 is 1.90 bits per heavy atom. The molecule has 1 saturated carbocycles. The summed E-state index contributed by atoms with van der Waals surface area (Å²) in [7, 11) is 0. The second kappa shape index (κ2) is 5.14. The van der Waals surface area contributed by atoms with Crippen molar-refractivity contribution in [2.45, 2.75) is 43.6 Å². The molecule has 1 saturated heterocycles. The lowest BCUT2D eigenvalue weighted by molar-refractivity contribution is -0.139. The van der Waals surface area contributed by atoms with Crippen LogP contribution in [0.1, 0.15) is 46.9 Å². The highest BCUT2D eigenvalue weighted by Crippen LogP contribution is 2.47. The van der Waals surface area contributed by atoms with Gasteiger partial charge in [-0.1, -0.05) is 6.07 Å². The molecule has 1 aromatic carbocycles. The maximum absolute atomic E-state index is 13.3. The third-order valence-corrected chi connectivity index (χ3v) is 4.66. The molecule has 0 bridgehead atoms. The summed E-state index contributed by atoms with van der Waals surface area (Å²) in [5.74, 6) is 0.399. The molecule has 6 heteroatoms. The number of fused-ring (bicyclic) bond motifs is 3. The quantitative estimate of drug-likeness (QED) is 0.854. The molecule has 2 aliphatic heterocycles. The third kappa shape index (κ3) is 2.56. The van der Waals surface area contributed by atoms with Crippen LogP contribution in [0.3, 0.4) is 0 Å². The minimum Gasteiger partial charge on any atom is -0.372 e.